The highest BCUT2D eigenvalue weighted by atomic mass is 15.2. The first-order valence-corrected chi connectivity index (χ1v) is 9.72. The summed E-state index contributed by atoms with van der Waals surface area (Å²) in [7, 11) is 0. The highest BCUT2D eigenvalue weighted by molar-refractivity contribution is 5.80. The summed E-state index contributed by atoms with van der Waals surface area (Å²) in [5.74, 6) is 1.63. The minimum absolute atomic E-state index is 0.509. The highest BCUT2D eigenvalue weighted by Gasteiger charge is 2.28. The molecule has 136 valence electrons. The number of likely N-dealkylation sites (tertiary alicyclic amines) is 1. The lowest BCUT2D eigenvalue weighted by Crippen LogP contribution is -2.42. The first kappa shape index (κ1) is 18.0. The normalized spacial score (nSPS) is 24.8. The number of aliphatic imine (C=N–C) groups is 1. The molecule has 1 heterocycles. The fourth-order valence-electron chi connectivity index (χ4n) is 3.86. The van der Waals surface area contributed by atoms with Crippen LogP contribution >= 0.6 is 0 Å². The number of benzene rings is 1. The zero-order valence-corrected chi connectivity index (χ0v) is 15.6. The lowest BCUT2D eigenvalue weighted by Gasteiger charge is -2.21. The first-order chi connectivity index (χ1) is 12.2. The molecular formula is C21H32N4. The summed E-state index contributed by atoms with van der Waals surface area (Å²) in [6, 6.07) is 11.9. The van der Waals surface area contributed by atoms with Crippen LogP contribution in [0.2, 0.25) is 0 Å². The molecule has 0 amide bonds. The van der Waals surface area contributed by atoms with Crippen molar-refractivity contribution < 1.29 is 0 Å². The first-order valence-electron chi connectivity index (χ1n) is 9.72. The topological polar surface area (TPSA) is 39.7 Å². The SMILES string of the molecule is CCNC(=NCC1CC(C)N(Cc2ccccc2)C1)NC1CC=CC1. The van der Waals surface area contributed by atoms with E-state index in [1.165, 1.54) is 12.0 Å². The number of rotatable bonds is 6. The van der Waals surface area contributed by atoms with Crippen molar-refractivity contribution in [1.82, 2.24) is 15.5 Å². The zero-order chi connectivity index (χ0) is 17.5. The second-order valence-electron chi connectivity index (χ2n) is 7.37. The van der Waals surface area contributed by atoms with Gasteiger partial charge in [0.25, 0.3) is 0 Å². The van der Waals surface area contributed by atoms with Crippen molar-refractivity contribution in [2.24, 2.45) is 10.9 Å². The van der Waals surface area contributed by atoms with Gasteiger partial charge in [0.2, 0.25) is 0 Å². The summed E-state index contributed by atoms with van der Waals surface area (Å²) in [6.45, 7) is 8.49. The Hall–Kier alpha value is -1.81. The Morgan fingerprint density at radius 3 is 2.68 bits per heavy atom. The minimum atomic E-state index is 0.509. The molecule has 0 bridgehead atoms. The molecule has 2 atom stereocenters. The molecule has 2 aliphatic rings. The van der Waals surface area contributed by atoms with Crippen molar-refractivity contribution in [3.63, 3.8) is 0 Å². The van der Waals surface area contributed by atoms with Crippen molar-refractivity contribution in [1.29, 1.82) is 0 Å². The van der Waals surface area contributed by atoms with Crippen molar-refractivity contribution >= 4 is 5.96 Å². The Kier molecular flexibility index (Phi) is 6.51. The third-order valence-corrected chi connectivity index (χ3v) is 5.22. The molecule has 4 nitrogen and oxygen atoms in total. The fraction of sp³-hybridized carbons (Fsp3) is 0.571. The number of nitrogens with zero attached hydrogens (tertiary/aromatic N) is 2. The summed E-state index contributed by atoms with van der Waals surface area (Å²) < 4.78 is 0. The third kappa shape index (κ3) is 5.33. The molecule has 1 fully saturated rings. The molecule has 1 aromatic carbocycles. The molecule has 25 heavy (non-hydrogen) atoms. The van der Waals surface area contributed by atoms with Gasteiger partial charge in [0, 0.05) is 38.3 Å². The number of hydrogen-bond donors (Lipinski definition) is 2. The predicted octanol–water partition coefficient (Wildman–Crippen LogP) is 3.17. The van der Waals surface area contributed by atoms with Crippen LogP contribution in [0.5, 0.6) is 0 Å². The summed E-state index contributed by atoms with van der Waals surface area (Å²) >= 11 is 0. The van der Waals surface area contributed by atoms with Gasteiger partial charge < -0.3 is 10.6 Å². The Labute approximate surface area is 152 Å². The van der Waals surface area contributed by atoms with E-state index in [0.29, 0.717) is 18.0 Å². The van der Waals surface area contributed by atoms with Crippen molar-refractivity contribution in [2.75, 3.05) is 19.6 Å². The smallest absolute Gasteiger partial charge is 0.191 e. The van der Waals surface area contributed by atoms with Gasteiger partial charge >= 0.3 is 0 Å². The van der Waals surface area contributed by atoms with E-state index in [-0.39, 0.29) is 0 Å². The molecule has 3 rings (SSSR count). The van der Waals surface area contributed by atoms with E-state index in [1.807, 2.05) is 0 Å². The van der Waals surface area contributed by atoms with Gasteiger partial charge in [-0.15, -0.1) is 0 Å². The van der Waals surface area contributed by atoms with E-state index in [9.17, 15) is 0 Å². The molecule has 0 aromatic heterocycles. The quantitative estimate of drug-likeness (QED) is 0.475. The maximum Gasteiger partial charge on any atom is 0.191 e. The van der Waals surface area contributed by atoms with E-state index in [0.717, 1.165) is 45.0 Å². The van der Waals surface area contributed by atoms with Crippen molar-refractivity contribution in [3.05, 3.63) is 48.0 Å². The summed E-state index contributed by atoms with van der Waals surface area (Å²) in [5, 5.41) is 6.96. The van der Waals surface area contributed by atoms with Crippen LogP contribution in [0.25, 0.3) is 0 Å². The maximum absolute atomic E-state index is 4.87. The van der Waals surface area contributed by atoms with Gasteiger partial charge in [-0.05, 0) is 44.6 Å². The third-order valence-electron chi connectivity index (χ3n) is 5.22. The second kappa shape index (κ2) is 9.04. The van der Waals surface area contributed by atoms with Crippen LogP contribution in [-0.4, -0.2) is 42.6 Å². The van der Waals surface area contributed by atoms with Gasteiger partial charge in [0.05, 0.1) is 0 Å². The molecule has 1 aromatic rings. The van der Waals surface area contributed by atoms with E-state index >= 15 is 0 Å². The van der Waals surface area contributed by atoms with Gasteiger partial charge in [0.15, 0.2) is 5.96 Å². The van der Waals surface area contributed by atoms with Crippen LogP contribution in [0.4, 0.5) is 0 Å². The van der Waals surface area contributed by atoms with E-state index < -0.39 is 0 Å². The van der Waals surface area contributed by atoms with Crippen LogP contribution in [0.1, 0.15) is 38.7 Å². The van der Waals surface area contributed by atoms with Crippen molar-refractivity contribution in [3.8, 4) is 0 Å². The van der Waals surface area contributed by atoms with Crippen LogP contribution in [0, 0.1) is 5.92 Å². The molecule has 1 saturated heterocycles. The Bertz CT molecular complexity index is 573. The molecule has 1 aliphatic carbocycles. The standard InChI is InChI=1S/C21H32N4/c1-3-22-21(24-20-11-7-8-12-20)23-14-19-13-17(2)25(16-19)15-18-9-5-4-6-10-18/h4-10,17,19-20H,3,11-16H2,1-2H3,(H2,22,23,24). The van der Waals surface area contributed by atoms with E-state index in [2.05, 4.69) is 71.9 Å². The fourth-order valence-corrected chi connectivity index (χ4v) is 3.86. The lowest BCUT2D eigenvalue weighted by molar-refractivity contribution is 0.256. The van der Waals surface area contributed by atoms with Gasteiger partial charge in [-0.3, -0.25) is 9.89 Å². The predicted molar refractivity (Wildman–Crippen MR) is 106 cm³/mol. The molecule has 0 spiro atoms. The lowest BCUT2D eigenvalue weighted by atomic mass is 10.1. The van der Waals surface area contributed by atoms with Gasteiger partial charge in [-0.2, -0.15) is 0 Å². The molecule has 1 aliphatic heterocycles. The number of hydrogen-bond acceptors (Lipinski definition) is 2. The summed E-state index contributed by atoms with van der Waals surface area (Å²) in [5.41, 5.74) is 1.40. The monoisotopic (exact) mass is 340 g/mol. The molecule has 2 unspecified atom stereocenters. The molecular weight excluding hydrogens is 308 g/mol. The van der Waals surface area contributed by atoms with E-state index in [1.54, 1.807) is 0 Å². The maximum atomic E-state index is 4.87. The van der Waals surface area contributed by atoms with Crippen LogP contribution < -0.4 is 10.6 Å². The summed E-state index contributed by atoms with van der Waals surface area (Å²) in [6.07, 6.45) is 7.95. The Balaban J connectivity index is 1.51. The van der Waals surface area contributed by atoms with Crippen molar-refractivity contribution in [2.45, 2.75) is 51.7 Å². The van der Waals surface area contributed by atoms with Gasteiger partial charge in [-0.1, -0.05) is 42.5 Å². The summed E-state index contributed by atoms with van der Waals surface area (Å²) in [4.78, 5) is 7.47. The highest BCUT2D eigenvalue weighted by Crippen LogP contribution is 2.25. The number of guanidine groups is 1. The average Bonchev–Trinajstić information content (AvgIpc) is 3.24. The van der Waals surface area contributed by atoms with Crippen LogP contribution in [-0.2, 0) is 6.54 Å². The zero-order valence-electron chi connectivity index (χ0n) is 15.6. The Morgan fingerprint density at radius 2 is 1.96 bits per heavy atom. The van der Waals surface area contributed by atoms with Gasteiger partial charge in [-0.25, -0.2) is 0 Å². The number of nitrogens with one attached hydrogen (secondary N) is 2. The minimum Gasteiger partial charge on any atom is -0.357 e. The second-order valence-corrected chi connectivity index (χ2v) is 7.37. The molecule has 0 saturated carbocycles. The van der Waals surface area contributed by atoms with Gasteiger partial charge in [0.1, 0.15) is 0 Å². The molecule has 4 heteroatoms. The van der Waals surface area contributed by atoms with Crippen LogP contribution in [0.3, 0.4) is 0 Å². The van der Waals surface area contributed by atoms with E-state index in [4.69, 9.17) is 4.99 Å². The molecule has 0 radical (unpaired) electrons. The van der Waals surface area contributed by atoms with Crippen LogP contribution in [0.15, 0.2) is 47.5 Å². The average molecular weight is 341 g/mol. The molecule has 2 N–H and O–H groups in total. The largest absolute Gasteiger partial charge is 0.357 e. The Morgan fingerprint density at radius 1 is 1.20 bits per heavy atom.